The third kappa shape index (κ3) is 3.52. The lowest BCUT2D eigenvalue weighted by atomic mass is 10.2. The maximum atomic E-state index is 12.7. The lowest BCUT2D eigenvalue weighted by Crippen LogP contribution is -2.39. The number of furan rings is 1. The van der Waals surface area contributed by atoms with Crippen molar-refractivity contribution >= 4 is 21.6 Å². The van der Waals surface area contributed by atoms with Crippen LogP contribution >= 0.6 is 11.3 Å². The summed E-state index contributed by atoms with van der Waals surface area (Å²) in [6, 6.07) is 11.3. The van der Waals surface area contributed by atoms with Crippen molar-refractivity contribution in [2.75, 3.05) is 20.2 Å². The Morgan fingerprint density at radius 3 is 2.93 bits per heavy atom. The van der Waals surface area contributed by atoms with Crippen LogP contribution < -0.4 is 15.0 Å². The number of H-pyrrole nitrogens is 1. The smallest absolute Gasteiger partial charge is 0.260 e. The first-order valence-corrected chi connectivity index (χ1v) is 10.2. The van der Waals surface area contributed by atoms with Crippen LogP contribution in [0.1, 0.15) is 5.82 Å². The second-order valence-corrected chi connectivity index (χ2v) is 7.87. The molecule has 148 valence electrons. The maximum Gasteiger partial charge on any atom is 0.260 e. The van der Waals surface area contributed by atoms with Crippen molar-refractivity contribution in [1.29, 1.82) is 0 Å². The highest BCUT2D eigenvalue weighted by atomic mass is 32.1. The molecule has 0 bridgehead atoms. The highest BCUT2D eigenvalue weighted by Gasteiger charge is 2.22. The summed E-state index contributed by atoms with van der Waals surface area (Å²) in [7, 11) is 1.97. The van der Waals surface area contributed by atoms with Gasteiger partial charge in [-0.25, -0.2) is 4.98 Å². The fourth-order valence-electron chi connectivity index (χ4n) is 3.50. The number of hydrogen-bond donors (Lipinski definition) is 1. The molecule has 3 aromatic heterocycles. The van der Waals surface area contributed by atoms with Crippen LogP contribution in [-0.2, 0) is 6.54 Å². The summed E-state index contributed by atoms with van der Waals surface area (Å²) in [6.07, 6.45) is 1.51. The number of rotatable bonds is 5. The number of fused-ring (bicyclic) bond motifs is 2. The zero-order valence-corrected chi connectivity index (χ0v) is 16.6. The summed E-state index contributed by atoms with van der Waals surface area (Å²) in [5.74, 6) is 2.82. The first-order valence-electron chi connectivity index (χ1n) is 9.28. The van der Waals surface area contributed by atoms with Gasteiger partial charge in [-0.15, -0.1) is 11.3 Å². The second kappa shape index (κ2) is 7.38. The second-order valence-electron chi connectivity index (χ2n) is 7.01. The molecule has 4 aromatic rings. The molecule has 0 saturated carbocycles. The minimum Gasteiger partial charge on any atom is -0.486 e. The lowest BCUT2D eigenvalue weighted by molar-refractivity contribution is 0.0632. The molecule has 0 aliphatic carbocycles. The molecule has 1 N–H and O–H groups in total. The van der Waals surface area contributed by atoms with Crippen molar-refractivity contribution in [1.82, 2.24) is 14.9 Å². The first kappa shape index (κ1) is 18.0. The zero-order valence-electron chi connectivity index (χ0n) is 15.8. The third-order valence-corrected chi connectivity index (χ3v) is 5.65. The number of thiophene rings is 1. The number of para-hydroxylation sites is 2. The number of likely N-dealkylation sites (N-methyl/N-ethyl adjacent to an activating group) is 1. The highest BCUT2D eigenvalue weighted by molar-refractivity contribution is 7.17. The van der Waals surface area contributed by atoms with Crippen molar-refractivity contribution in [3.05, 3.63) is 64.2 Å². The van der Waals surface area contributed by atoms with Gasteiger partial charge in [-0.05, 0) is 31.3 Å². The molecule has 1 atom stereocenters. The summed E-state index contributed by atoms with van der Waals surface area (Å²) in [4.78, 5) is 23.0. The average molecular weight is 409 g/mol. The van der Waals surface area contributed by atoms with Crippen molar-refractivity contribution in [3.63, 3.8) is 0 Å². The Hall–Kier alpha value is -3.10. The first-order chi connectivity index (χ1) is 14.2. The molecule has 7 nitrogen and oxygen atoms in total. The molecule has 1 aromatic carbocycles. The van der Waals surface area contributed by atoms with E-state index in [9.17, 15) is 4.79 Å². The summed E-state index contributed by atoms with van der Waals surface area (Å²) >= 11 is 1.44. The van der Waals surface area contributed by atoms with Gasteiger partial charge in [-0.2, -0.15) is 0 Å². The number of hydrogen-bond acceptors (Lipinski definition) is 7. The molecular formula is C21H19N3O4S. The predicted octanol–water partition coefficient (Wildman–Crippen LogP) is 3.52. The van der Waals surface area contributed by atoms with E-state index in [-0.39, 0.29) is 11.7 Å². The number of aromatic amines is 1. The topological polar surface area (TPSA) is 80.6 Å². The van der Waals surface area contributed by atoms with Gasteiger partial charge in [-0.3, -0.25) is 9.69 Å². The molecule has 1 aliphatic heterocycles. The molecule has 1 aliphatic rings. The fourth-order valence-corrected chi connectivity index (χ4v) is 4.45. The van der Waals surface area contributed by atoms with Crippen molar-refractivity contribution in [2.24, 2.45) is 0 Å². The van der Waals surface area contributed by atoms with Gasteiger partial charge in [0.15, 0.2) is 11.5 Å². The van der Waals surface area contributed by atoms with Crippen molar-refractivity contribution in [2.45, 2.75) is 12.6 Å². The van der Waals surface area contributed by atoms with E-state index in [4.69, 9.17) is 13.9 Å². The highest BCUT2D eigenvalue weighted by Crippen LogP contribution is 2.32. The van der Waals surface area contributed by atoms with Gasteiger partial charge in [0, 0.05) is 17.5 Å². The lowest BCUT2D eigenvalue weighted by Gasteiger charge is -2.29. The van der Waals surface area contributed by atoms with E-state index in [0.29, 0.717) is 41.5 Å². The summed E-state index contributed by atoms with van der Waals surface area (Å²) in [5, 5.41) is 2.47. The quantitative estimate of drug-likeness (QED) is 0.543. The number of benzene rings is 1. The van der Waals surface area contributed by atoms with E-state index in [0.717, 1.165) is 17.1 Å². The van der Waals surface area contributed by atoms with Gasteiger partial charge in [0.2, 0.25) is 0 Å². The predicted molar refractivity (Wildman–Crippen MR) is 111 cm³/mol. The Labute approximate surface area is 170 Å². The average Bonchev–Trinajstić information content (AvgIpc) is 3.37. The number of nitrogens with zero attached hydrogens (tertiary/aromatic N) is 2. The Balaban J connectivity index is 1.31. The van der Waals surface area contributed by atoms with E-state index in [1.807, 2.05) is 42.8 Å². The molecule has 5 rings (SSSR count). The van der Waals surface area contributed by atoms with E-state index >= 15 is 0 Å². The molecule has 0 radical (unpaired) electrons. The van der Waals surface area contributed by atoms with Crippen LogP contribution in [0, 0.1) is 0 Å². The molecule has 29 heavy (non-hydrogen) atoms. The molecule has 0 spiro atoms. The van der Waals surface area contributed by atoms with Crippen LogP contribution in [0.15, 0.2) is 57.3 Å². The summed E-state index contributed by atoms with van der Waals surface area (Å²) in [5.41, 5.74) is 0.618. The van der Waals surface area contributed by atoms with Crippen LogP contribution in [0.2, 0.25) is 0 Å². The number of nitrogens with one attached hydrogen (secondary N) is 1. The summed E-state index contributed by atoms with van der Waals surface area (Å²) in [6.45, 7) is 1.64. The van der Waals surface area contributed by atoms with Gasteiger partial charge in [0.1, 0.15) is 29.1 Å². The van der Waals surface area contributed by atoms with Crippen molar-refractivity contribution < 1.29 is 13.9 Å². The Morgan fingerprint density at radius 2 is 2.10 bits per heavy atom. The molecule has 0 amide bonds. The minimum atomic E-state index is -0.155. The molecule has 8 heteroatoms. The molecular weight excluding hydrogens is 390 g/mol. The number of ether oxygens (including phenoxy) is 2. The Bertz CT molecular complexity index is 1200. The largest absolute Gasteiger partial charge is 0.486 e. The van der Waals surface area contributed by atoms with Gasteiger partial charge < -0.3 is 18.9 Å². The normalized spacial score (nSPS) is 15.9. The molecule has 0 saturated heterocycles. The molecule has 0 fully saturated rings. The number of aromatic nitrogens is 2. The van der Waals surface area contributed by atoms with E-state index in [1.54, 1.807) is 12.3 Å². The van der Waals surface area contributed by atoms with Gasteiger partial charge in [0.05, 0.1) is 18.2 Å². The van der Waals surface area contributed by atoms with E-state index in [1.165, 1.54) is 11.3 Å². The maximum absolute atomic E-state index is 12.7. The van der Waals surface area contributed by atoms with Gasteiger partial charge in [0.25, 0.3) is 5.56 Å². The van der Waals surface area contributed by atoms with Crippen molar-refractivity contribution in [3.8, 4) is 22.8 Å². The SMILES string of the molecule is CN(Cc1nc2scc(-c3ccco3)c2c(=O)[nH]1)C[C@H]1COc2ccccc2O1. The fraction of sp³-hybridized carbons (Fsp3) is 0.238. The van der Waals surface area contributed by atoms with Crippen LogP contribution in [0.4, 0.5) is 0 Å². The van der Waals surface area contributed by atoms with E-state index in [2.05, 4.69) is 14.9 Å². The standard InChI is InChI=1S/C21H19N3O4S/c1-24(9-13-11-27-16-5-2-3-6-17(16)28-13)10-18-22-20(25)19-14(12-29-21(19)23-18)15-7-4-8-26-15/h2-8,12-13H,9-11H2,1H3,(H,22,23,25)/t13-/m0/s1. The Morgan fingerprint density at radius 1 is 1.24 bits per heavy atom. The third-order valence-electron chi connectivity index (χ3n) is 4.78. The zero-order chi connectivity index (χ0) is 19.8. The van der Waals surface area contributed by atoms with E-state index < -0.39 is 0 Å². The van der Waals surface area contributed by atoms with Gasteiger partial charge >= 0.3 is 0 Å². The van der Waals surface area contributed by atoms with Crippen LogP contribution in [-0.4, -0.2) is 41.2 Å². The molecule has 0 unspecified atom stereocenters. The van der Waals surface area contributed by atoms with Crippen LogP contribution in [0.3, 0.4) is 0 Å². The monoisotopic (exact) mass is 409 g/mol. The minimum absolute atomic E-state index is 0.0855. The van der Waals surface area contributed by atoms with Crippen LogP contribution in [0.5, 0.6) is 11.5 Å². The Kier molecular flexibility index (Phi) is 4.57. The summed E-state index contributed by atoms with van der Waals surface area (Å²) < 4.78 is 17.2. The van der Waals surface area contributed by atoms with Gasteiger partial charge in [-0.1, -0.05) is 12.1 Å². The molecule has 4 heterocycles. The van der Waals surface area contributed by atoms with Crippen LogP contribution in [0.25, 0.3) is 21.5 Å².